The fraction of sp³-hybridized carbons (Fsp3) is 0.440. The van der Waals surface area contributed by atoms with Crippen LogP contribution in [0.5, 0.6) is 0 Å². The molecule has 0 radical (unpaired) electrons. The van der Waals surface area contributed by atoms with Crippen molar-refractivity contribution in [1.29, 1.82) is 0 Å². The van der Waals surface area contributed by atoms with Crippen molar-refractivity contribution in [1.82, 2.24) is 19.6 Å². The van der Waals surface area contributed by atoms with Crippen LogP contribution < -0.4 is 0 Å². The van der Waals surface area contributed by atoms with E-state index in [9.17, 15) is 0 Å². The minimum absolute atomic E-state index is 0.594. The van der Waals surface area contributed by atoms with E-state index < -0.39 is 0 Å². The predicted molar refractivity (Wildman–Crippen MR) is 124 cm³/mol. The highest BCUT2D eigenvalue weighted by Gasteiger charge is 2.28. The lowest BCUT2D eigenvalue weighted by Gasteiger charge is -2.05. The molecule has 154 valence electrons. The van der Waals surface area contributed by atoms with E-state index in [2.05, 4.69) is 67.4 Å². The van der Waals surface area contributed by atoms with Gasteiger partial charge in [0.05, 0.1) is 22.9 Å². The molecule has 0 unspecified atom stereocenters. The zero-order valence-electron chi connectivity index (χ0n) is 18.9. The van der Waals surface area contributed by atoms with Crippen molar-refractivity contribution in [3.63, 3.8) is 0 Å². The average molecular weight is 391 g/mol. The van der Waals surface area contributed by atoms with Crippen LogP contribution in [0.4, 0.5) is 0 Å². The molecule has 0 bridgehead atoms. The Balaban J connectivity index is 0.000000162. The van der Waals surface area contributed by atoms with Crippen LogP contribution in [0.1, 0.15) is 69.2 Å². The Kier molecular flexibility index (Phi) is 6.41. The summed E-state index contributed by atoms with van der Waals surface area (Å²) < 4.78 is 3.90. The molecule has 0 N–H and O–H groups in total. The summed E-state index contributed by atoms with van der Waals surface area (Å²) in [4.78, 5) is 0. The monoisotopic (exact) mass is 390 g/mol. The first-order chi connectivity index (χ1) is 13.9. The van der Waals surface area contributed by atoms with Crippen molar-refractivity contribution in [2.24, 2.45) is 14.1 Å². The molecule has 1 fully saturated rings. The van der Waals surface area contributed by atoms with E-state index in [0.29, 0.717) is 5.92 Å². The van der Waals surface area contributed by atoms with Gasteiger partial charge in [-0.3, -0.25) is 9.36 Å². The van der Waals surface area contributed by atoms with Crippen LogP contribution in [0, 0.1) is 6.92 Å². The first-order valence-corrected chi connectivity index (χ1v) is 10.8. The maximum Gasteiger partial charge on any atom is 0.0734 e. The summed E-state index contributed by atoms with van der Waals surface area (Å²) in [5.41, 5.74) is 6.48. The van der Waals surface area contributed by atoms with Crippen LogP contribution in [0.2, 0.25) is 0 Å². The third-order valence-electron chi connectivity index (χ3n) is 5.44. The summed E-state index contributed by atoms with van der Waals surface area (Å²) in [6.45, 7) is 10.6. The molecule has 5 rings (SSSR count). The lowest BCUT2D eigenvalue weighted by Crippen LogP contribution is -1.90. The zero-order valence-corrected chi connectivity index (χ0v) is 18.9. The van der Waals surface area contributed by atoms with Crippen molar-refractivity contribution >= 4 is 21.8 Å². The number of fused-ring (bicyclic) bond motifs is 2. The van der Waals surface area contributed by atoms with Crippen LogP contribution in [0.25, 0.3) is 21.8 Å². The van der Waals surface area contributed by atoms with Gasteiger partial charge in [0.1, 0.15) is 0 Å². The number of benzene rings is 2. The third-order valence-corrected chi connectivity index (χ3v) is 5.44. The van der Waals surface area contributed by atoms with Crippen LogP contribution in [0.15, 0.2) is 42.6 Å². The molecule has 0 amide bonds. The summed E-state index contributed by atoms with van der Waals surface area (Å²) >= 11 is 0. The number of aromatic nitrogens is 4. The Morgan fingerprint density at radius 1 is 0.931 bits per heavy atom. The Labute approximate surface area is 174 Å². The zero-order chi connectivity index (χ0) is 21.1. The highest BCUT2D eigenvalue weighted by molar-refractivity contribution is 5.83. The Bertz CT molecular complexity index is 1100. The minimum Gasteiger partial charge on any atom is -0.268 e. The van der Waals surface area contributed by atoms with E-state index in [4.69, 9.17) is 0 Å². The van der Waals surface area contributed by atoms with Gasteiger partial charge in [0, 0.05) is 30.8 Å². The van der Waals surface area contributed by atoms with Crippen LogP contribution in [-0.2, 0) is 14.1 Å². The first-order valence-electron chi connectivity index (χ1n) is 10.8. The van der Waals surface area contributed by atoms with E-state index in [1.807, 2.05) is 43.5 Å². The molecule has 4 aromatic rings. The summed E-state index contributed by atoms with van der Waals surface area (Å²) in [7, 11) is 4.00. The Hall–Kier alpha value is -2.62. The molecule has 0 aliphatic heterocycles. The van der Waals surface area contributed by atoms with Gasteiger partial charge in [0.15, 0.2) is 0 Å². The number of rotatable bonds is 2. The van der Waals surface area contributed by atoms with Gasteiger partial charge in [-0.2, -0.15) is 10.2 Å². The largest absolute Gasteiger partial charge is 0.268 e. The summed E-state index contributed by atoms with van der Waals surface area (Å²) in [5.74, 6) is 1.32. The predicted octanol–water partition coefficient (Wildman–Crippen LogP) is 6.48. The minimum atomic E-state index is 0.594. The topological polar surface area (TPSA) is 35.6 Å². The highest BCUT2D eigenvalue weighted by Crippen LogP contribution is 2.42. The number of hydrogen-bond acceptors (Lipinski definition) is 2. The third kappa shape index (κ3) is 4.52. The highest BCUT2D eigenvalue weighted by atomic mass is 15.3. The van der Waals surface area contributed by atoms with Crippen molar-refractivity contribution in [2.45, 2.75) is 59.3 Å². The number of hydrogen-bond donors (Lipinski definition) is 0. The summed E-state index contributed by atoms with van der Waals surface area (Å²) in [5, 5.41) is 11.4. The van der Waals surface area contributed by atoms with E-state index in [0.717, 1.165) is 5.92 Å². The van der Waals surface area contributed by atoms with Gasteiger partial charge in [-0.25, -0.2) is 0 Å². The molecule has 1 saturated carbocycles. The molecule has 1 aliphatic carbocycles. The fourth-order valence-corrected chi connectivity index (χ4v) is 3.61. The van der Waals surface area contributed by atoms with Gasteiger partial charge in [0.2, 0.25) is 0 Å². The second-order valence-electron chi connectivity index (χ2n) is 8.04. The second kappa shape index (κ2) is 8.81. The lowest BCUT2D eigenvalue weighted by molar-refractivity contribution is 0.767. The van der Waals surface area contributed by atoms with Gasteiger partial charge < -0.3 is 0 Å². The summed E-state index contributed by atoms with van der Waals surface area (Å²) in [6.07, 6.45) is 4.53. The smallest absolute Gasteiger partial charge is 0.0734 e. The SMILES string of the molecule is CC.CC(C)c1ccc2c(c1)c(C1CC1)nn2C.Cc1ccc2c(cnn2C)c1. The second-order valence-corrected chi connectivity index (χ2v) is 8.04. The van der Waals surface area contributed by atoms with Gasteiger partial charge in [0.25, 0.3) is 0 Å². The summed E-state index contributed by atoms with van der Waals surface area (Å²) in [6, 6.07) is 13.1. The van der Waals surface area contributed by atoms with Crippen LogP contribution in [0.3, 0.4) is 0 Å². The van der Waals surface area contributed by atoms with Gasteiger partial charge >= 0.3 is 0 Å². The molecular formula is C25H34N4. The standard InChI is InChI=1S/C14H18N2.C9H10N2.C2H6/c1-9(2)11-6-7-13-12(8-11)14(10-4-5-10)15-16(13)3;1-7-3-4-9-8(5-7)6-10-11(9)2;1-2/h6-10H,4-5H2,1-3H3;3-6H,1-2H3;1-2H3. The van der Waals surface area contributed by atoms with E-state index in [-0.39, 0.29) is 0 Å². The Morgan fingerprint density at radius 2 is 1.62 bits per heavy atom. The van der Waals surface area contributed by atoms with Crippen molar-refractivity contribution in [3.8, 4) is 0 Å². The van der Waals surface area contributed by atoms with Crippen molar-refractivity contribution < 1.29 is 0 Å². The van der Waals surface area contributed by atoms with Gasteiger partial charge in [-0.05, 0) is 55.5 Å². The molecule has 1 aliphatic rings. The van der Waals surface area contributed by atoms with E-state index in [1.165, 1.54) is 51.5 Å². The molecule has 0 spiro atoms. The normalized spacial score (nSPS) is 13.2. The van der Waals surface area contributed by atoms with Gasteiger partial charge in [-0.1, -0.05) is 45.4 Å². The Morgan fingerprint density at radius 3 is 2.28 bits per heavy atom. The van der Waals surface area contributed by atoms with E-state index in [1.54, 1.807) is 0 Å². The molecule has 2 heterocycles. The molecule has 29 heavy (non-hydrogen) atoms. The number of nitrogens with zero attached hydrogens (tertiary/aromatic N) is 4. The molecular weight excluding hydrogens is 356 g/mol. The first kappa shape index (κ1) is 21.1. The molecule has 4 heteroatoms. The maximum atomic E-state index is 4.67. The average Bonchev–Trinajstić information content (AvgIpc) is 3.43. The fourth-order valence-electron chi connectivity index (χ4n) is 3.61. The molecule has 0 atom stereocenters. The van der Waals surface area contributed by atoms with Crippen LogP contribution >= 0.6 is 0 Å². The molecule has 2 aromatic carbocycles. The molecule has 4 nitrogen and oxygen atoms in total. The maximum absolute atomic E-state index is 4.67. The molecule has 2 aromatic heterocycles. The van der Waals surface area contributed by atoms with Crippen molar-refractivity contribution in [3.05, 3.63) is 59.4 Å². The number of aryl methyl sites for hydroxylation is 3. The van der Waals surface area contributed by atoms with E-state index >= 15 is 0 Å². The quantitative estimate of drug-likeness (QED) is 0.392. The van der Waals surface area contributed by atoms with Gasteiger partial charge in [-0.15, -0.1) is 0 Å². The molecule has 0 saturated heterocycles. The lowest BCUT2D eigenvalue weighted by atomic mass is 10.0. The van der Waals surface area contributed by atoms with Crippen LogP contribution in [-0.4, -0.2) is 19.6 Å². The van der Waals surface area contributed by atoms with Crippen molar-refractivity contribution in [2.75, 3.05) is 0 Å².